The number of hydrogen-bond acceptors (Lipinski definition) is 5. The van der Waals surface area contributed by atoms with Crippen molar-refractivity contribution >= 4 is 22.8 Å². The number of aryl methyl sites for hydroxylation is 1. The van der Waals surface area contributed by atoms with Crippen LogP contribution in [0, 0.1) is 6.92 Å². The molecule has 2 heterocycles. The first kappa shape index (κ1) is 19.0. The van der Waals surface area contributed by atoms with Crippen LogP contribution in [0.3, 0.4) is 0 Å². The predicted molar refractivity (Wildman–Crippen MR) is 120 cm³/mol. The summed E-state index contributed by atoms with van der Waals surface area (Å²) in [6.07, 6.45) is 6.02. The minimum Gasteiger partial charge on any atom is -0.349 e. The molecule has 0 atom stereocenters. The second-order valence-electron chi connectivity index (χ2n) is 8.55. The van der Waals surface area contributed by atoms with Gasteiger partial charge in [-0.2, -0.15) is 0 Å². The molecule has 1 amide bonds. The molecule has 5 rings (SSSR count). The van der Waals surface area contributed by atoms with Crippen molar-refractivity contribution in [2.24, 2.45) is 5.73 Å². The molecule has 1 saturated carbocycles. The molecule has 1 aliphatic carbocycles. The van der Waals surface area contributed by atoms with Gasteiger partial charge in [-0.1, -0.05) is 12.1 Å². The zero-order chi connectivity index (χ0) is 20.7. The topological polar surface area (TPSA) is 84.1 Å². The Balaban J connectivity index is 1.43. The third-order valence-electron chi connectivity index (χ3n) is 6.11. The van der Waals surface area contributed by atoms with Crippen LogP contribution >= 0.6 is 0 Å². The number of nitrogens with zero attached hydrogens (tertiary/aromatic N) is 3. The molecule has 1 saturated heterocycles. The summed E-state index contributed by atoms with van der Waals surface area (Å²) in [6, 6.07) is 12.8. The predicted octanol–water partition coefficient (Wildman–Crippen LogP) is 3.42. The van der Waals surface area contributed by atoms with E-state index in [-0.39, 0.29) is 11.9 Å². The van der Waals surface area contributed by atoms with Crippen molar-refractivity contribution in [1.82, 2.24) is 15.3 Å². The van der Waals surface area contributed by atoms with Gasteiger partial charge in [0, 0.05) is 42.3 Å². The molecule has 6 heteroatoms. The van der Waals surface area contributed by atoms with Gasteiger partial charge in [0.1, 0.15) is 0 Å². The Morgan fingerprint density at radius 1 is 1.10 bits per heavy atom. The minimum atomic E-state index is 0.00812. The van der Waals surface area contributed by atoms with Gasteiger partial charge >= 0.3 is 0 Å². The van der Waals surface area contributed by atoms with Gasteiger partial charge in [0.15, 0.2) is 0 Å². The number of anilines is 1. The number of benzene rings is 2. The molecule has 3 aromatic rings. The molecule has 0 unspecified atom stereocenters. The zero-order valence-corrected chi connectivity index (χ0v) is 17.3. The third-order valence-corrected chi connectivity index (χ3v) is 6.11. The van der Waals surface area contributed by atoms with Gasteiger partial charge in [-0.05, 0) is 73.6 Å². The van der Waals surface area contributed by atoms with E-state index in [1.54, 1.807) is 0 Å². The highest BCUT2D eigenvalue weighted by molar-refractivity contribution is 5.96. The maximum atomic E-state index is 12.5. The highest BCUT2D eigenvalue weighted by Crippen LogP contribution is 2.29. The number of amides is 1. The van der Waals surface area contributed by atoms with E-state index in [9.17, 15) is 4.79 Å². The average Bonchev–Trinajstić information content (AvgIpc) is 3.58. The maximum Gasteiger partial charge on any atom is 0.251 e. The second kappa shape index (κ2) is 7.69. The van der Waals surface area contributed by atoms with Crippen LogP contribution in [0.15, 0.2) is 42.6 Å². The highest BCUT2D eigenvalue weighted by atomic mass is 16.1. The maximum absolute atomic E-state index is 12.5. The van der Waals surface area contributed by atoms with E-state index in [0.717, 1.165) is 72.3 Å². The summed E-state index contributed by atoms with van der Waals surface area (Å²) in [7, 11) is 0. The second-order valence-corrected chi connectivity index (χ2v) is 8.55. The molecule has 6 nitrogen and oxygen atoms in total. The standard InChI is InChI=1S/C24H27N5O/c1-15-2-3-17(23(30)27-20-5-6-20)13-21(15)16-4-7-22-18(12-16)14-26-24(28-22)29-10-8-19(25)9-11-29/h2-4,7,12-14,19-20H,5-6,8-11,25H2,1H3,(H,27,30). The number of aromatic nitrogens is 2. The van der Waals surface area contributed by atoms with Crippen LogP contribution < -0.4 is 16.0 Å². The number of carbonyl (C=O) groups is 1. The summed E-state index contributed by atoms with van der Waals surface area (Å²) in [6.45, 7) is 3.88. The fraction of sp³-hybridized carbons (Fsp3) is 0.375. The van der Waals surface area contributed by atoms with Gasteiger partial charge < -0.3 is 16.0 Å². The van der Waals surface area contributed by atoms with E-state index >= 15 is 0 Å². The molecule has 2 aliphatic rings. The summed E-state index contributed by atoms with van der Waals surface area (Å²) < 4.78 is 0. The Morgan fingerprint density at radius 2 is 1.90 bits per heavy atom. The van der Waals surface area contributed by atoms with E-state index < -0.39 is 0 Å². The number of fused-ring (bicyclic) bond motifs is 1. The van der Waals surface area contributed by atoms with Crippen molar-refractivity contribution in [2.45, 2.75) is 44.7 Å². The Labute approximate surface area is 176 Å². The smallest absolute Gasteiger partial charge is 0.251 e. The zero-order valence-electron chi connectivity index (χ0n) is 17.3. The van der Waals surface area contributed by atoms with Gasteiger partial charge in [0.2, 0.25) is 5.95 Å². The number of rotatable bonds is 4. The monoisotopic (exact) mass is 401 g/mol. The molecular weight excluding hydrogens is 374 g/mol. The molecule has 154 valence electrons. The summed E-state index contributed by atoms with van der Waals surface area (Å²) in [5.74, 6) is 0.783. The van der Waals surface area contributed by atoms with E-state index in [0.29, 0.717) is 11.6 Å². The fourth-order valence-electron chi connectivity index (χ4n) is 4.01. The Kier molecular flexibility index (Phi) is 4.87. The number of piperidine rings is 1. The first-order valence-corrected chi connectivity index (χ1v) is 10.8. The van der Waals surface area contributed by atoms with Gasteiger partial charge in [-0.3, -0.25) is 4.79 Å². The Hall–Kier alpha value is -2.99. The van der Waals surface area contributed by atoms with Crippen LogP contribution in [0.1, 0.15) is 41.6 Å². The molecule has 0 spiro atoms. The van der Waals surface area contributed by atoms with E-state index in [4.69, 9.17) is 10.7 Å². The van der Waals surface area contributed by atoms with Crippen molar-refractivity contribution < 1.29 is 4.79 Å². The summed E-state index contributed by atoms with van der Waals surface area (Å²) in [4.78, 5) is 24.1. The van der Waals surface area contributed by atoms with Crippen LogP contribution in [0.5, 0.6) is 0 Å². The van der Waals surface area contributed by atoms with Crippen LogP contribution in [0.25, 0.3) is 22.0 Å². The van der Waals surface area contributed by atoms with Crippen LogP contribution in [0.2, 0.25) is 0 Å². The van der Waals surface area contributed by atoms with Crippen molar-refractivity contribution in [3.8, 4) is 11.1 Å². The summed E-state index contributed by atoms with van der Waals surface area (Å²) in [5.41, 5.74) is 10.9. The molecule has 2 aromatic carbocycles. The summed E-state index contributed by atoms with van der Waals surface area (Å²) >= 11 is 0. The SMILES string of the molecule is Cc1ccc(C(=O)NC2CC2)cc1-c1ccc2nc(N3CCC(N)CC3)ncc2c1. The van der Waals surface area contributed by atoms with Crippen molar-refractivity contribution in [3.05, 3.63) is 53.7 Å². The van der Waals surface area contributed by atoms with Crippen LogP contribution in [0.4, 0.5) is 5.95 Å². The number of nitrogens with two attached hydrogens (primary N) is 1. The third kappa shape index (κ3) is 3.87. The van der Waals surface area contributed by atoms with E-state index in [2.05, 4.69) is 34.3 Å². The molecule has 0 radical (unpaired) electrons. The summed E-state index contributed by atoms with van der Waals surface area (Å²) in [5, 5.41) is 4.06. The lowest BCUT2D eigenvalue weighted by Crippen LogP contribution is -2.40. The first-order valence-electron chi connectivity index (χ1n) is 10.8. The number of nitrogens with one attached hydrogen (secondary N) is 1. The Morgan fingerprint density at radius 3 is 2.67 bits per heavy atom. The molecule has 2 fully saturated rings. The minimum absolute atomic E-state index is 0.00812. The lowest BCUT2D eigenvalue weighted by Gasteiger charge is -2.30. The number of carbonyl (C=O) groups excluding carboxylic acids is 1. The van der Waals surface area contributed by atoms with E-state index in [1.807, 2.05) is 30.5 Å². The van der Waals surface area contributed by atoms with Gasteiger partial charge in [0.25, 0.3) is 5.91 Å². The fourth-order valence-corrected chi connectivity index (χ4v) is 4.01. The first-order chi connectivity index (χ1) is 14.6. The number of hydrogen-bond donors (Lipinski definition) is 2. The Bertz CT molecular complexity index is 1100. The van der Waals surface area contributed by atoms with Gasteiger partial charge in [-0.15, -0.1) is 0 Å². The molecule has 0 bridgehead atoms. The van der Waals surface area contributed by atoms with Crippen molar-refractivity contribution in [3.63, 3.8) is 0 Å². The quantitative estimate of drug-likeness (QED) is 0.700. The van der Waals surface area contributed by atoms with Crippen molar-refractivity contribution in [2.75, 3.05) is 18.0 Å². The van der Waals surface area contributed by atoms with E-state index in [1.165, 1.54) is 0 Å². The van der Waals surface area contributed by atoms with Crippen LogP contribution in [-0.4, -0.2) is 41.0 Å². The van der Waals surface area contributed by atoms with Crippen molar-refractivity contribution in [1.29, 1.82) is 0 Å². The van der Waals surface area contributed by atoms with Gasteiger partial charge in [-0.25, -0.2) is 9.97 Å². The largest absolute Gasteiger partial charge is 0.349 e. The van der Waals surface area contributed by atoms with Gasteiger partial charge in [0.05, 0.1) is 5.52 Å². The molecular formula is C24H27N5O. The highest BCUT2D eigenvalue weighted by Gasteiger charge is 2.24. The normalized spacial score (nSPS) is 17.3. The van der Waals surface area contributed by atoms with Crippen LogP contribution in [-0.2, 0) is 0 Å². The lowest BCUT2D eigenvalue weighted by atomic mass is 9.97. The molecule has 3 N–H and O–H groups in total. The molecule has 30 heavy (non-hydrogen) atoms. The molecule has 1 aromatic heterocycles. The lowest BCUT2D eigenvalue weighted by molar-refractivity contribution is 0.0951. The average molecular weight is 402 g/mol. The molecule has 1 aliphatic heterocycles.